The molecule has 1 aromatic carbocycles. The Morgan fingerprint density at radius 1 is 1.19 bits per heavy atom. The van der Waals surface area contributed by atoms with Crippen molar-refractivity contribution in [1.82, 2.24) is 14.3 Å². The van der Waals surface area contributed by atoms with Crippen LogP contribution >= 0.6 is 11.6 Å². The van der Waals surface area contributed by atoms with E-state index in [0.717, 1.165) is 0 Å². The van der Waals surface area contributed by atoms with E-state index in [9.17, 15) is 18.3 Å². The summed E-state index contributed by atoms with van der Waals surface area (Å²) in [6.07, 6.45) is 2.13. The molecule has 164 valence electrons. The summed E-state index contributed by atoms with van der Waals surface area (Å²) in [5, 5.41) is 11.7. The maximum Gasteiger partial charge on any atom is 0.404 e. The third kappa shape index (κ3) is 5.08. The minimum Gasteiger partial charge on any atom is -0.465 e. The highest BCUT2D eigenvalue weighted by molar-refractivity contribution is 7.90. The van der Waals surface area contributed by atoms with Gasteiger partial charge in [0.05, 0.1) is 5.69 Å². The molecule has 3 aromatic rings. The number of pyridine rings is 1. The molecule has 7 nitrogen and oxygen atoms in total. The lowest BCUT2D eigenvalue weighted by Gasteiger charge is -2.30. The van der Waals surface area contributed by atoms with Crippen LogP contribution in [0.2, 0.25) is 5.15 Å². The standard InChI is InChI=1S/C22H24ClN3O4S/c1-22(2,3)19(25-21(27)28)13-15-12-17(16-8-5-4-6-9-16)26(14-15)31(29,30)18-10-7-11-24-20(18)23/h4-12,14,19,25H,13H2,1-3H3,(H,27,28). The van der Waals surface area contributed by atoms with Gasteiger partial charge in [0.15, 0.2) is 0 Å². The minimum absolute atomic E-state index is 0.105. The zero-order valence-corrected chi connectivity index (χ0v) is 19.0. The predicted molar refractivity (Wildman–Crippen MR) is 120 cm³/mol. The second-order valence-corrected chi connectivity index (χ2v) is 10.4. The van der Waals surface area contributed by atoms with E-state index in [1.165, 1.54) is 28.5 Å². The molecule has 0 aliphatic carbocycles. The van der Waals surface area contributed by atoms with Crippen molar-refractivity contribution in [3.05, 3.63) is 71.6 Å². The fourth-order valence-electron chi connectivity index (χ4n) is 3.25. The van der Waals surface area contributed by atoms with Crippen molar-refractivity contribution in [2.75, 3.05) is 0 Å². The van der Waals surface area contributed by atoms with Gasteiger partial charge in [-0.05, 0) is 41.2 Å². The fourth-order valence-corrected chi connectivity index (χ4v) is 5.09. The highest BCUT2D eigenvalue weighted by atomic mass is 35.5. The Balaban J connectivity index is 2.14. The van der Waals surface area contributed by atoms with Gasteiger partial charge < -0.3 is 10.4 Å². The van der Waals surface area contributed by atoms with Crippen LogP contribution in [0, 0.1) is 5.41 Å². The Bertz CT molecular complexity index is 1180. The van der Waals surface area contributed by atoms with Gasteiger partial charge in [-0.1, -0.05) is 62.7 Å². The SMILES string of the molecule is CC(C)(C)C(Cc1cc(-c2ccccc2)n(S(=O)(=O)c2cccnc2Cl)c1)NC(=O)O. The van der Waals surface area contributed by atoms with Gasteiger partial charge in [-0.25, -0.2) is 22.2 Å². The van der Waals surface area contributed by atoms with E-state index in [0.29, 0.717) is 23.2 Å². The highest BCUT2D eigenvalue weighted by Gasteiger charge is 2.29. The van der Waals surface area contributed by atoms with Gasteiger partial charge in [0.25, 0.3) is 10.0 Å². The molecule has 3 rings (SSSR count). The monoisotopic (exact) mass is 461 g/mol. The average Bonchev–Trinajstić information content (AvgIpc) is 3.12. The highest BCUT2D eigenvalue weighted by Crippen LogP contribution is 2.31. The molecule has 0 radical (unpaired) electrons. The average molecular weight is 462 g/mol. The predicted octanol–water partition coefficient (Wildman–Crippen LogP) is 4.67. The summed E-state index contributed by atoms with van der Waals surface area (Å²) in [5.74, 6) is 0. The summed E-state index contributed by atoms with van der Waals surface area (Å²) in [6, 6.07) is 13.4. The number of benzene rings is 1. The van der Waals surface area contributed by atoms with Crippen LogP contribution in [0.3, 0.4) is 0 Å². The van der Waals surface area contributed by atoms with E-state index in [-0.39, 0.29) is 15.5 Å². The van der Waals surface area contributed by atoms with Crippen LogP contribution in [0.1, 0.15) is 26.3 Å². The lowest BCUT2D eigenvalue weighted by atomic mass is 9.83. The molecule has 0 spiro atoms. The van der Waals surface area contributed by atoms with Crippen LogP contribution in [0.5, 0.6) is 0 Å². The summed E-state index contributed by atoms with van der Waals surface area (Å²) in [5.41, 5.74) is 1.46. The molecule has 0 saturated carbocycles. The van der Waals surface area contributed by atoms with E-state index < -0.39 is 22.2 Å². The van der Waals surface area contributed by atoms with Crippen LogP contribution < -0.4 is 5.32 Å². The van der Waals surface area contributed by atoms with E-state index in [1.807, 2.05) is 51.1 Å². The number of aromatic nitrogens is 2. The maximum atomic E-state index is 13.5. The molecule has 0 aliphatic heterocycles. The molecule has 2 aromatic heterocycles. The number of carbonyl (C=O) groups is 1. The van der Waals surface area contributed by atoms with E-state index in [2.05, 4.69) is 10.3 Å². The zero-order chi connectivity index (χ0) is 22.8. The van der Waals surface area contributed by atoms with Crippen molar-refractivity contribution in [2.24, 2.45) is 5.41 Å². The lowest BCUT2D eigenvalue weighted by Crippen LogP contribution is -2.44. The number of nitrogens with zero attached hydrogens (tertiary/aromatic N) is 2. The summed E-state index contributed by atoms with van der Waals surface area (Å²) >= 11 is 6.09. The fraction of sp³-hybridized carbons (Fsp3) is 0.273. The second kappa shape index (κ2) is 8.72. The molecule has 2 heterocycles. The molecule has 9 heteroatoms. The van der Waals surface area contributed by atoms with Crippen LogP contribution in [0.4, 0.5) is 4.79 Å². The number of halogens is 1. The first-order valence-corrected chi connectivity index (χ1v) is 11.4. The Morgan fingerprint density at radius 3 is 2.45 bits per heavy atom. The van der Waals surface area contributed by atoms with Crippen molar-refractivity contribution < 1.29 is 18.3 Å². The van der Waals surface area contributed by atoms with Gasteiger partial charge in [0.2, 0.25) is 0 Å². The molecule has 0 fully saturated rings. The Morgan fingerprint density at radius 2 is 1.87 bits per heavy atom. The topological polar surface area (TPSA) is 101 Å². The van der Waals surface area contributed by atoms with Gasteiger partial charge >= 0.3 is 6.09 Å². The van der Waals surface area contributed by atoms with Crippen molar-refractivity contribution in [3.63, 3.8) is 0 Å². The first kappa shape index (κ1) is 22.8. The molecule has 1 atom stereocenters. The number of hydrogen-bond acceptors (Lipinski definition) is 4. The van der Waals surface area contributed by atoms with E-state index in [1.54, 1.807) is 6.07 Å². The first-order chi connectivity index (χ1) is 14.5. The van der Waals surface area contributed by atoms with Crippen molar-refractivity contribution in [3.8, 4) is 11.3 Å². The minimum atomic E-state index is -4.04. The smallest absolute Gasteiger partial charge is 0.404 e. The molecular formula is C22H24ClN3O4S. The summed E-state index contributed by atoms with van der Waals surface area (Å²) in [4.78, 5) is 15.1. The first-order valence-electron chi connectivity index (χ1n) is 9.62. The van der Waals surface area contributed by atoms with E-state index >= 15 is 0 Å². The molecule has 2 N–H and O–H groups in total. The largest absolute Gasteiger partial charge is 0.465 e. The quantitative estimate of drug-likeness (QED) is 0.519. The maximum absolute atomic E-state index is 13.5. The number of amides is 1. The molecule has 31 heavy (non-hydrogen) atoms. The third-order valence-electron chi connectivity index (χ3n) is 4.96. The van der Waals surface area contributed by atoms with Crippen molar-refractivity contribution in [1.29, 1.82) is 0 Å². The van der Waals surface area contributed by atoms with Gasteiger partial charge in [-0.2, -0.15) is 0 Å². The molecule has 0 aliphatic rings. The molecule has 1 unspecified atom stereocenters. The van der Waals surface area contributed by atoms with Crippen molar-refractivity contribution >= 4 is 27.7 Å². The lowest BCUT2D eigenvalue weighted by molar-refractivity contribution is 0.174. The molecule has 0 saturated heterocycles. The summed E-state index contributed by atoms with van der Waals surface area (Å²) in [7, 11) is -4.04. The van der Waals surface area contributed by atoms with Crippen molar-refractivity contribution in [2.45, 2.75) is 38.1 Å². The normalized spacial score (nSPS) is 13.0. The molecular weight excluding hydrogens is 438 g/mol. The Labute approximate surface area is 186 Å². The molecule has 0 bridgehead atoms. The van der Waals surface area contributed by atoms with Crippen LogP contribution in [-0.2, 0) is 16.4 Å². The van der Waals surface area contributed by atoms with Crippen LogP contribution in [0.25, 0.3) is 11.3 Å². The number of rotatable bonds is 6. The molecule has 1 amide bonds. The van der Waals surface area contributed by atoms with Gasteiger partial charge in [-0.3, -0.25) is 0 Å². The van der Waals surface area contributed by atoms with Gasteiger partial charge in [0.1, 0.15) is 10.0 Å². The Hall–Kier alpha value is -2.84. The van der Waals surface area contributed by atoms with Crippen LogP contribution in [-0.4, -0.2) is 34.6 Å². The van der Waals surface area contributed by atoms with Gasteiger partial charge in [-0.15, -0.1) is 0 Å². The number of nitrogens with one attached hydrogen (secondary N) is 1. The zero-order valence-electron chi connectivity index (χ0n) is 17.4. The Kier molecular flexibility index (Phi) is 6.43. The van der Waals surface area contributed by atoms with Gasteiger partial charge in [0, 0.05) is 18.4 Å². The number of hydrogen-bond donors (Lipinski definition) is 2. The van der Waals surface area contributed by atoms with Crippen LogP contribution in [0.15, 0.2) is 65.8 Å². The summed E-state index contributed by atoms with van der Waals surface area (Å²) < 4.78 is 28.1. The third-order valence-corrected chi connectivity index (χ3v) is 7.08. The summed E-state index contributed by atoms with van der Waals surface area (Å²) in [6.45, 7) is 5.78. The van der Waals surface area contributed by atoms with E-state index in [4.69, 9.17) is 11.6 Å². The number of carboxylic acid groups (broad SMARTS) is 1. The second-order valence-electron chi connectivity index (χ2n) is 8.27.